The van der Waals surface area contributed by atoms with Gasteiger partial charge < -0.3 is 5.32 Å². The van der Waals surface area contributed by atoms with Crippen LogP contribution in [0.1, 0.15) is 6.92 Å². The van der Waals surface area contributed by atoms with E-state index >= 15 is 0 Å². The summed E-state index contributed by atoms with van der Waals surface area (Å²) in [6.45, 7) is 7.22. The van der Waals surface area contributed by atoms with E-state index in [9.17, 15) is 13.6 Å². The first kappa shape index (κ1) is 10.6. The molecule has 12 heavy (non-hydrogen) atoms. The molecule has 0 aromatic heterocycles. The van der Waals surface area contributed by atoms with Crippen LogP contribution in [0.25, 0.3) is 0 Å². The second-order valence-corrected chi connectivity index (χ2v) is 2.10. The van der Waals surface area contributed by atoms with Gasteiger partial charge in [0.1, 0.15) is 0 Å². The predicted octanol–water partition coefficient (Wildman–Crippen LogP) is 1.97. The molecule has 1 N–H and O–H groups in total. The van der Waals surface area contributed by atoms with Crippen LogP contribution in [-0.2, 0) is 4.79 Å². The molecular weight excluding hydrogens is 164 g/mol. The largest absolute Gasteiger partial charge is 0.327 e. The molecule has 0 bridgehead atoms. The smallest absolute Gasteiger partial charge is 0.221 e. The number of carbonyl (C=O) groups excluding carboxylic acids is 1. The normalized spacial score (nSPS) is 10.8. The van der Waals surface area contributed by atoms with E-state index in [0.29, 0.717) is 0 Å². The van der Waals surface area contributed by atoms with E-state index in [4.69, 9.17) is 0 Å². The molecule has 0 spiro atoms. The Hall–Kier alpha value is -1.45. The van der Waals surface area contributed by atoms with Gasteiger partial charge in [-0.2, -0.15) is 0 Å². The maximum absolute atomic E-state index is 12.4. The zero-order chi connectivity index (χ0) is 9.72. The Kier molecular flexibility index (Phi) is 3.90. The van der Waals surface area contributed by atoms with Crippen molar-refractivity contribution in [2.24, 2.45) is 0 Å². The number of carbonyl (C=O) groups is 1. The quantitative estimate of drug-likeness (QED) is 0.649. The molecule has 1 amide bonds. The summed E-state index contributed by atoms with van der Waals surface area (Å²) >= 11 is 0. The molecule has 0 aliphatic rings. The third kappa shape index (κ3) is 4.38. The summed E-state index contributed by atoms with van der Waals surface area (Å²) in [5, 5.41) is 2.17. The van der Waals surface area contributed by atoms with Gasteiger partial charge in [0.25, 0.3) is 0 Å². The van der Waals surface area contributed by atoms with E-state index in [2.05, 4.69) is 18.5 Å². The molecule has 0 heterocycles. The minimum Gasteiger partial charge on any atom is -0.327 e. The predicted molar refractivity (Wildman–Crippen MR) is 42.4 cm³/mol. The molecule has 0 fully saturated rings. The second-order valence-electron chi connectivity index (χ2n) is 2.10. The number of hydrogen-bond acceptors (Lipinski definition) is 1. The monoisotopic (exact) mass is 173 g/mol. The summed E-state index contributed by atoms with van der Waals surface area (Å²) in [5.74, 6) is -2.73. The van der Waals surface area contributed by atoms with Crippen molar-refractivity contribution in [3.8, 4) is 0 Å². The molecule has 0 saturated carbocycles. The summed E-state index contributed by atoms with van der Waals surface area (Å²) in [6, 6.07) is 0. The van der Waals surface area contributed by atoms with Crippen molar-refractivity contribution in [3.63, 3.8) is 0 Å². The highest BCUT2D eigenvalue weighted by molar-refractivity contribution is 5.75. The van der Waals surface area contributed by atoms with Gasteiger partial charge in [0.2, 0.25) is 5.91 Å². The summed E-state index contributed by atoms with van der Waals surface area (Å²) in [7, 11) is 0. The summed E-state index contributed by atoms with van der Waals surface area (Å²) in [4.78, 5) is 10.4. The van der Waals surface area contributed by atoms with E-state index in [0.717, 1.165) is 6.08 Å². The average Bonchev–Trinajstić information content (AvgIpc) is 1.84. The van der Waals surface area contributed by atoms with Crippen LogP contribution in [0.5, 0.6) is 0 Å². The van der Waals surface area contributed by atoms with Crippen molar-refractivity contribution >= 4 is 5.91 Å². The molecular formula is C8H9F2NO. The van der Waals surface area contributed by atoms with Crippen molar-refractivity contribution < 1.29 is 13.6 Å². The fourth-order valence-corrected chi connectivity index (χ4v) is 0.493. The number of hydrogen-bond donors (Lipinski definition) is 1. The van der Waals surface area contributed by atoms with Crippen LogP contribution in [0.4, 0.5) is 8.78 Å². The molecule has 0 aliphatic heterocycles. The molecule has 0 aromatic carbocycles. The second kappa shape index (κ2) is 4.43. The number of halogens is 2. The summed E-state index contributed by atoms with van der Waals surface area (Å²) in [6.07, 6.45) is 0.754. The van der Waals surface area contributed by atoms with E-state index in [-0.39, 0.29) is 5.70 Å². The van der Waals surface area contributed by atoms with Crippen molar-refractivity contribution in [1.29, 1.82) is 0 Å². The van der Waals surface area contributed by atoms with Gasteiger partial charge in [0.05, 0.1) is 0 Å². The molecule has 66 valence electrons. The maximum Gasteiger partial charge on any atom is 0.221 e. The number of nitrogens with one attached hydrogen (secondary N) is 1. The van der Waals surface area contributed by atoms with Crippen molar-refractivity contribution in [3.05, 3.63) is 36.6 Å². The highest BCUT2D eigenvalue weighted by Gasteiger charge is 2.00. The Morgan fingerprint density at radius 2 is 1.92 bits per heavy atom. The van der Waals surface area contributed by atoms with Crippen LogP contribution < -0.4 is 5.32 Å². The lowest BCUT2D eigenvalue weighted by Crippen LogP contribution is -2.16. The van der Waals surface area contributed by atoms with Gasteiger partial charge in [0.15, 0.2) is 11.7 Å². The summed E-state index contributed by atoms with van der Waals surface area (Å²) < 4.78 is 24.4. The molecule has 0 rings (SSSR count). The van der Waals surface area contributed by atoms with Gasteiger partial charge in [-0.05, 0) is 6.08 Å². The molecule has 0 unspecified atom stereocenters. The van der Waals surface area contributed by atoms with Crippen LogP contribution in [-0.4, -0.2) is 5.91 Å². The van der Waals surface area contributed by atoms with Crippen LogP contribution in [0.3, 0.4) is 0 Å². The summed E-state index contributed by atoms with van der Waals surface area (Å²) in [5.41, 5.74) is -0.0150. The molecule has 0 saturated heterocycles. The number of allylic oxidation sites excluding steroid dienone is 3. The number of amides is 1. The Morgan fingerprint density at radius 1 is 1.42 bits per heavy atom. The first-order chi connectivity index (χ1) is 5.43. The standard InChI is InChI=1S/C8H9F2NO/c1-5(11-7(3)12)4-8(10)6(2)9/h4H,1-2H2,3H3,(H,11,12). The van der Waals surface area contributed by atoms with Gasteiger partial charge in [-0.15, -0.1) is 0 Å². The zero-order valence-electron chi connectivity index (χ0n) is 6.66. The molecule has 0 atom stereocenters. The van der Waals surface area contributed by atoms with Crippen LogP contribution >= 0.6 is 0 Å². The Bertz CT molecular complexity index is 256. The van der Waals surface area contributed by atoms with E-state index in [1.807, 2.05) is 0 Å². The van der Waals surface area contributed by atoms with E-state index in [1.54, 1.807) is 0 Å². The SMILES string of the molecule is C=C(C=C(F)C(=C)F)NC(C)=O. The van der Waals surface area contributed by atoms with Gasteiger partial charge in [-0.1, -0.05) is 13.2 Å². The molecule has 0 aliphatic carbocycles. The first-order valence-electron chi connectivity index (χ1n) is 3.12. The average molecular weight is 173 g/mol. The molecule has 0 aromatic rings. The Labute approximate surface area is 69.3 Å². The van der Waals surface area contributed by atoms with E-state index in [1.165, 1.54) is 6.92 Å². The Morgan fingerprint density at radius 3 is 2.25 bits per heavy atom. The van der Waals surface area contributed by atoms with Gasteiger partial charge in [-0.25, -0.2) is 8.78 Å². The van der Waals surface area contributed by atoms with Gasteiger partial charge in [0, 0.05) is 12.6 Å². The third-order valence-electron chi connectivity index (χ3n) is 0.897. The van der Waals surface area contributed by atoms with Crippen molar-refractivity contribution in [2.45, 2.75) is 6.92 Å². The highest BCUT2D eigenvalue weighted by atomic mass is 19.2. The molecule has 4 heteroatoms. The molecule has 2 nitrogen and oxygen atoms in total. The van der Waals surface area contributed by atoms with Crippen molar-refractivity contribution in [2.75, 3.05) is 0 Å². The lowest BCUT2D eigenvalue weighted by molar-refractivity contribution is -0.118. The zero-order valence-corrected chi connectivity index (χ0v) is 6.66. The number of rotatable bonds is 3. The third-order valence-corrected chi connectivity index (χ3v) is 0.897. The Balaban J connectivity index is 4.24. The fraction of sp³-hybridized carbons (Fsp3) is 0.125. The van der Waals surface area contributed by atoms with Crippen LogP contribution in [0.2, 0.25) is 0 Å². The maximum atomic E-state index is 12.4. The lowest BCUT2D eigenvalue weighted by atomic mass is 10.3. The van der Waals surface area contributed by atoms with Gasteiger partial charge >= 0.3 is 0 Å². The van der Waals surface area contributed by atoms with Gasteiger partial charge in [-0.3, -0.25) is 4.79 Å². The molecule has 0 radical (unpaired) electrons. The van der Waals surface area contributed by atoms with Crippen LogP contribution in [0.15, 0.2) is 36.6 Å². The highest BCUT2D eigenvalue weighted by Crippen LogP contribution is 2.11. The topological polar surface area (TPSA) is 29.1 Å². The lowest BCUT2D eigenvalue weighted by Gasteiger charge is -1.99. The minimum atomic E-state index is -1.19. The van der Waals surface area contributed by atoms with Crippen molar-refractivity contribution in [1.82, 2.24) is 5.32 Å². The van der Waals surface area contributed by atoms with E-state index < -0.39 is 17.6 Å². The minimum absolute atomic E-state index is 0.0150. The first-order valence-corrected chi connectivity index (χ1v) is 3.12. The fourth-order valence-electron chi connectivity index (χ4n) is 0.493. The van der Waals surface area contributed by atoms with Crippen LogP contribution in [0, 0.1) is 0 Å².